The van der Waals surface area contributed by atoms with Crippen LogP contribution in [0.3, 0.4) is 0 Å². The fourth-order valence-corrected chi connectivity index (χ4v) is 2.23. The molecule has 0 aliphatic rings. The number of halogens is 3. The minimum absolute atomic E-state index is 0.0633. The Morgan fingerprint density at radius 2 is 1.85 bits per heavy atom. The summed E-state index contributed by atoms with van der Waals surface area (Å²) in [5, 5.41) is 2.67. The standard InChI is InChI=1S/C19H20F3NO4/c1-2-25-17-12-13(8-9-16(17)27-19(21)22)18(24)23-10-5-11-26-15-7-4-3-6-14(15)20/h3-4,6-9,12,19H,2,5,10-11H2,1H3,(H,23,24). The van der Waals surface area contributed by atoms with Gasteiger partial charge in [0.25, 0.3) is 5.91 Å². The maximum Gasteiger partial charge on any atom is 0.387 e. The van der Waals surface area contributed by atoms with Crippen molar-refractivity contribution in [3.63, 3.8) is 0 Å². The van der Waals surface area contributed by atoms with E-state index in [1.165, 1.54) is 30.3 Å². The predicted octanol–water partition coefficient (Wildman–Crippen LogP) is 4.02. The van der Waals surface area contributed by atoms with E-state index in [1.807, 2.05) is 0 Å². The summed E-state index contributed by atoms with van der Waals surface area (Å²) in [4.78, 5) is 12.2. The minimum atomic E-state index is -2.99. The number of rotatable bonds is 10. The maximum atomic E-state index is 13.4. The topological polar surface area (TPSA) is 56.8 Å². The number of benzene rings is 2. The summed E-state index contributed by atoms with van der Waals surface area (Å²) in [6, 6.07) is 10.0. The molecule has 0 radical (unpaired) electrons. The first-order chi connectivity index (χ1) is 13.0. The fourth-order valence-electron chi connectivity index (χ4n) is 2.23. The summed E-state index contributed by atoms with van der Waals surface area (Å²) < 4.78 is 53.1. The number of ether oxygens (including phenoxy) is 3. The van der Waals surface area contributed by atoms with Gasteiger partial charge in [-0.1, -0.05) is 12.1 Å². The third kappa shape index (κ3) is 6.40. The number of amides is 1. The van der Waals surface area contributed by atoms with Crippen LogP contribution in [0.25, 0.3) is 0 Å². The van der Waals surface area contributed by atoms with E-state index in [4.69, 9.17) is 9.47 Å². The van der Waals surface area contributed by atoms with Crippen molar-refractivity contribution in [1.29, 1.82) is 0 Å². The van der Waals surface area contributed by atoms with E-state index in [2.05, 4.69) is 10.1 Å². The molecule has 0 saturated carbocycles. The monoisotopic (exact) mass is 383 g/mol. The molecule has 2 rings (SSSR count). The second kappa shape index (κ2) is 10.3. The lowest BCUT2D eigenvalue weighted by Crippen LogP contribution is -2.25. The first kappa shape index (κ1) is 20.4. The number of carbonyl (C=O) groups excluding carboxylic acids is 1. The summed E-state index contributed by atoms with van der Waals surface area (Å²) in [7, 11) is 0. The van der Waals surface area contributed by atoms with Crippen molar-refractivity contribution in [3.8, 4) is 17.2 Å². The zero-order chi connectivity index (χ0) is 19.6. The summed E-state index contributed by atoms with van der Waals surface area (Å²) in [6.07, 6.45) is 0.463. The van der Waals surface area contributed by atoms with Crippen LogP contribution in [0.4, 0.5) is 13.2 Å². The number of hydrogen-bond donors (Lipinski definition) is 1. The lowest BCUT2D eigenvalue weighted by molar-refractivity contribution is -0.0514. The maximum absolute atomic E-state index is 13.4. The molecule has 0 aliphatic carbocycles. The van der Waals surface area contributed by atoms with Gasteiger partial charge in [-0.15, -0.1) is 0 Å². The number of alkyl halides is 2. The lowest BCUT2D eigenvalue weighted by atomic mass is 10.2. The van der Waals surface area contributed by atoms with E-state index in [9.17, 15) is 18.0 Å². The van der Waals surface area contributed by atoms with Crippen molar-refractivity contribution in [2.45, 2.75) is 20.0 Å². The number of carbonyl (C=O) groups is 1. The van der Waals surface area contributed by atoms with Crippen molar-refractivity contribution in [1.82, 2.24) is 5.32 Å². The van der Waals surface area contributed by atoms with Crippen LogP contribution in [0.5, 0.6) is 17.2 Å². The zero-order valence-electron chi connectivity index (χ0n) is 14.7. The van der Waals surface area contributed by atoms with Crippen LogP contribution in [-0.2, 0) is 0 Å². The van der Waals surface area contributed by atoms with Gasteiger partial charge in [0.05, 0.1) is 13.2 Å². The van der Waals surface area contributed by atoms with E-state index in [0.29, 0.717) is 13.0 Å². The summed E-state index contributed by atoms with van der Waals surface area (Å²) in [5.74, 6) is -0.767. The minimum Gasteiger partial charge on any atom is -0.490 e. The molecule has 146 valence electrons. The largest absolute Gasteiger partial charge is 0.490 e. The molecule has 0 aromatic heterocycles. The number of hydrogen-bond acceptors (Lipinski definition) is 4. The van der Waals surface area contributed by atoms with E-state index in [1.54, 1.807) is 19.1 Å². The lowest BCUT2D eigenvalue weighted by Gasteiger charge is -2.13. The molecule has 2 aromatic carbocycles. The van der Waals surface area contributed by atoms with Gasteiger partial charge in [0.15, 0.2) is 23.1 Å². The molecule has 1 amide bonds. The van der Waals surface area contributed by atoms with E-state index in [0.717, 1.165) is 0 Å². The van der Waals surface area contributed by atoms with Gasteiger partial charge in [0.2, 0.25) is 0 Å². The average Bonchev–Trinajstić information content (AvgIpc) is 2.64. The Balaban J connectivity index is 1.84. The molecule has 0 spiro atoms. The molecule has 0 atom stereocenters. The van der Waals surface area contributed by atoms with Gasteiger partial charge in [-0.05, 0) is 43.7 Å². The van der Waals surface area contributed by atoms with Gasteiger partial charge in [0.1, 0.15) is 0 Å². The predicted molar refractivity (Wildman–Crippen MR) is 93.1 cm³/mol. The molecule has 2 aromatic rings. The highest BCUT2D eigenvalue weighted by Crippen LogP contribution is 2.29. The Bertz CT molecular complexity index is 755. The number of para-hydroxylation sites is 1. The molecule has 0 fully saturated rings. The van der Waals surface area contributed by atoms with E-state index >= 15 is 0 Å². The highest BCUT2D eigenvalue weighted by atomic mass is 19.3. The normalized spacial score (nSPS) is 10.6. The third-order valence-corrected chi connectivity index (χ3v) is 3.42. The first-order valence-corrected chi connectivity index (χ1v) is 8.38. The van der Waals surface area contributed by atoms with Gasteiger partial charge in [-0.2, -0.15) is 8.78 Å². The Morgan fingerprint density at radius 1 is 1.07 bits per heavy atom. The first-order valence-electron chi connectivity index (χ1n) is 8.38. The van der Waals surface area contributed by atoms with Crippen LogP contribution >= 0.6 is 0 Å². The summed E-state index contributed by atoms with van der Waals surface area (Å²) in [6.45, 7) is -0.538. The zero-order valence-corrected chi connectivity index (χ0v) is 14.7. The fraction of sp³-hybridized carbons (Fsp3) is 0.316. The molecule has 27 heavy (non-hydrogen) atoms. The van der Waals surface area contributed by atoms with Crippen molar-refractivity contribution in [3.05, 3.63) is 53.8 Å². The van der Waals surface area contributed by atoms with Crippen molar-refractivity contribution in [2.75, 3.05) is 19.8 Å². The Kier molecular flexibility index (Phi) is 7.79. The van der Waals surface area contributed by atoms with Gasteiger partial charge in [-0.25, -0.2) is 4.39 Å². The van der Waals surface area contributed by atoms with Crippen LogP contribution in [0.15, 0.2) is 42.5 Å². The Labute approximate surface area is 155 Å². The smallest absolute Gasteiger partial charge is 0.387 e. The second-order valence-corrected chi connectivity index (χ2v) is 5.36. The highest BCUT2D eigenvalue weighted by molar-refractivity contribution is 5.94. The molecular formula is C19H20F3NO4. The second-order valence-electron chi connectivity index (χ2n) is 5.36. The quantitative estimate of drug-likeness (QED) is 0.630. The molecule has 0 aliphatic heterocycles. The van der Waals surface area contributed by atoms with Crippen LogP contribution in [0, 0.1) is 5.82 Å². The van der Waals surface area contributed by atoms with Crippen molar-refractivity contribution < 1.29 is 32.2 Å². The van der Waals surface area contributed by atoms with Crippen LogP contribution in [-0.4, -0.2) is 32.3 Å². The van der Waals surface area contributed by atoms with Crippen molar-refractivity contribution >= 4 is 5.91 Å². The summed E-state index contributed by atoms with van der Waals surface area (Å²) in [5.41, 5.74) is 0.245. The van der Waals surface area contributed by atoms with Gasteiger partial charge < -0.3 is 19.5 Å². The molecule has 0 heterocycles. The summed E-state index contributed by atoms with van der Waals surface area (Å²) >= 11 is 0. The van der Waals surface area contributed by atoms with Gasteiger partial charge in [-0.3, -0.25) is 4.79 Å². The average molecular weight is 383 g/mol. The number of nitrogens with one attached hydrogen (secondary N) is 1. The molecule has 0 unspecified atom stereocenters. The Hall–Kier alpha value is -2.90. The molecular weight excluding hydrogens is 363 g/mol. The van der Waals surface area contributed by atoms with Crippen molar-refractivity contribution in [2.24, 2.45) is 0 Å². The molecule has 5 nitrogen and oxygen atoms in total. The van der Waals surface area contributed by atoms with Gasteiger partial charge >= 0.3 is 6.61 Å². The molecule has 8 heteroatoms. The van der Waals surface area contributed by atoms with Gasteiger partial charge in [0, 0.05) is 12.1 Å². The molecule has 1 N–H and O–H groups in total. The molecule has 0 bridgehead atoms. The van der Waals surface area contributed by atoms with Crippen LogP contribution in [0.2, 0.25) is 0 Å². The highest BCUT2D eigenvalue weighted by Gasteiger charge is 2.14. The van der Waals surface area contributed by atoms with E-state index in [-0.39, 0.29) is 36.0 Å². The molecule has 0 saturated heterocycles. The Morgan fingerprint density at radius 3 is 2.56 bits per heavy atom. The van der Waals surface area contributed by atoms with Crippen LogP contribution in [0.1, 0.15) is 23.7 Å². The SMILES string of the molecule is CCOc1cc(C(=O)NCCCOc2ccccc2F)ccc1OC(F)F. The van der Waals surface area contributed by atoms with Crippen LogP contribution < -0.4 is 19.5 Å². The van der Waals surface area contributed by atoms with E-state index < -0.39 is 18.3 Å². The third-order valence-electron chi connectivity index (χ3n) is 3.42.